The first-order chi connectivity index (χ1) is 18.1. The summed E-state index contributed by atoms with van der Waals surface area (Å²) in [5, 5.41) is 14.4. The van der Waals surface area contributed by atoms with Crippen LogP contribution in [0.5, 0.6) is 0 Å². The van der Waals surface area contributed by atoms with Crippen molar-refractivity contribution in [1.82, 2.24) is 20.2 Å². The summed E-state index contributed by atoms with van der Waals surface area (Å²) in [6, 6.07) is -1.31. The van der Waals surface area contributed by atoms with E-state index in [1.165, 1.54) is 20.8 Å². The van der Waals surface area contributed by atoms with Crippen molar-refractivity contribution < 1.29 is 36.6 Å². The summed E-state index contributed by atoms with van der Waals surface area (Å²) in [7, 11) is 0. The van der Waals surface area contributed by atoms with E-state index in [2.05, 4.69) is 20.6 Å². The van der Waals surface area contributed by atoms with Gasteiger partial charge in [0.15, 0.2) is 5.01 Å². The van der Waals surface area contributed by atoms with E-state index >= 15 is 0 Å². The van der Waals surface area contributed by atoms with E-state index in [4.69, 9.17) is 0 Å². The number of nitrogens with zero attached hydrogens (tertiary/aromatic N) is 3. The average molecular weight is 578 g/mol. The van der Waals surface area contributed by atoms with Crippen LogP contribution < -0.4 is 10.6 Å². The highest BCUT2D eigenvalue weighted by molar-refractivity contribution is 7.17. The van der Waals surface area contributed by atoms with Crippen molar-refractivity contribution in [2.75, 3.05) is 18.4 Å². The zero-order chi connectivity index (χ0) is 29.1. The fourth-order valence-electron chi connectivity index (χ4n) is 4.17. The number of aliphatic hydroxyl groups is 1. The number of thiazole rings is 1. The van der Waals surface area contributed by atoms with E-state index in [1.807, 2.05) is 6.92 Å². The largest absolute Gasteiger partial charge is 0.408 e. The molecule has 0 radical (unpaired) electrons. The molecule has 2 aromatic heterocycles. The molecule has 0 aliphatic carbocycles. The van der Waals surface area contributed by atoms with Gasteiger partial charge in [-0.25, -0.2) is 18.7 Å². The van der Waals surface area contributed by atoms with Crippen molar-refractivity contribution in [3.8, 4) is 10.4 Å². The maximum Gasteiger partial charge on any atom is 0.408 e. The van der Waals surface area contributed by atoms with Gasteiger partial charge in [-0.2, -0.15) is 13.2 Å². The number of alkyl halides is 5. The number of halogens is 5. The van der Waals surface area contributed by atoms with Gasteiger partial charge >= 0.3 is 6.18 Å². The molecule has 2 aromatic rings. The second-order valence-electron chi connectivity index (χ2n) is 10.1. The van der Waals surface area contributed by atoms with E-state index in [0.717, 1.165) is 31.5 Å². The molecule has 2 amide bonds. The summed E-state index contributed by atoms with van der Waals surface area (Å²) < 4.78 is 68.1. The van der Waals surface area contributed by atoms with Gasteiger partial charge in [0, 0.05) is 36.5 Å². The molecule has 0 saturated carbocycles. The highest BCUT2D eigenvalue weighted by Crippen LogP contribution is 2.39. The van der Waals surface area contributed by atoms with Crippen LogP contribution in [-0.4, -0.2) is 68.7 Å². The number of hydrogen-bond donors (Lipinski definition) is 3. The molecular weight excluding hydrogens is 545 g/mol. The predicted octanol–water partition coefficient (Wildman–Crippen LogP) is 5.41. The molecule has 216 valence electrons. The highest BCUT2D eigenvalue weighted by Gasteiger charge is 2.39. The lowest BCUT2D eigenvalue weighted by Crippen LogP contribution is -2.42. The molecular formula is C25H32F5N5O3S. The Hall–Kier alpha value is -2.87. The maximum absolute atomic E-state index is 14.2. The minimum atomic E-state index is -4.62. The van der Waals surface area contributed by atoms with Crippen LogP contribution in [0.3, 0.4) is 0 Å². The Balaban J connectivity index is 2.08. The van der Waals surface area contributed by atoms with Crippen LogP contribution >= 0.6 is 11.3 Å². The van der Waals surface area contributed by atoms with Crippen molar-refractivity contribution in [2.45, 2.75) is 83.7 Å². The SMILES string of the molecule is CCC(Nc1cc(C(F)F)c(-c2sc(C(=O)NCC(C)(C)O)nc2C(=O)N2CCCCC2C)cn1)C(F)(F)F. The molecule has 0 aromatic carbocycles. The van der Waals surface area contributed by atoms with E-state index in [1.54, 1.807) is 4.90 Å². The molecule has 2 atom stereocenters. The Kier molecular flexibility index (Phi) is 9.52. The smallest absolute Gasteiger partial charge is 0.389 e. The summed E-state index contributed by atoms with van der Waals surface area (Å²) in [5.74, 6) is -1.65. The molecule has 1 aliphatic rings. The molecule has 8 nitrogen and oxygen atoms in total. The second kappa shape index (κ2) is 12.1. The molecule has 0 spiro atoms. The van der Waals surface area contributed by atoms with Crippen LogP contribution in [0.2, 0.25) is 0 Å². The Bertz CT molecular complexity index is 1180. The first-order valence-electron chi connectivity index (χ1n) is 12.6. The van der Waals surface area contributed by atoms with Crippen LogP contribution in [0.4, 0.5) is 27.8 Å². The van der Waals surface area contributed by atoms with E-state index in [-0.39, 0.29) is 40.1 Å². The van der Waals surface area contributed by atoms with Crippen molar-refractivity contribution >= 4 is 29.0 Å². The topological polar surface area (TPSA) is 107 Å². The summed E-state index contributed by atoms with van der Waals surface area (Å²) in [6.07, 6.45) is -4.71. The van der Waals surface area contributed by atoms with Crippen LogP contribution in [-0.2, 0) is 0 Å². The number of carbonyl (C=O) groups excluding carboxylic acids is 2. The highest BCUT2D eigenvalue weighted by atomic mass is 32.1. The molecule has 3 N–H and O–H groups in total. The number of aromatic nitrogens is 2. The van der Waals surface area contributed by atoms with Gasteiger partial charge in [-0.05, 0) is 52.5 Å². The minimum absolute atomic E-state index is 0.0385. The number of pyridine rings is 1. The summed E-state index contributed by atoms with van der Waals surface area (Å²) >= 11 is 0.699. The number of anilines is 1. The molecule has 2 unspecified atom stereocenters. The lowest BCUT2D eigenvalue weighted by molar-refractivity contribution is -0.142. The Morgan fingerprint density at radius 2 is 1.95 bits per heavy atom. The van der Waals surface area contributed by atoms with Crippen molar-refractivity contribution in [2.24, 2.45) is 0 Å². The third-order valence-electron chi connectivity index (χ3n) is 6.31. The Morgan fingerprint density at radius 1 is 1.26 bits per heavy atom. The molecule has 14 heteroatoms. The van der Waals surface area contributed by atoms with Gasteiger partial charge in [-0.15, -0.1) is 11.3 Å². The average Bonchev–Trinajstić information content (AvgIpc) is 3.29. The number of rotatable bonds is 9. The van der Waals surface area contributed by atoms with Gasteiger partial charge in [-0.3, -0.25) is 9.59 Å². The molecule has 0 bridgehead atoms. The van der Waals surface area contributed by atoms with Gasteiger partial charge in [-0.1, -0.05) is 6.92 Å². The fraction of sp³-hybridized carbons (Fsp3) is 0.600. The molecule has 3 heterocycles. The minimum Gasteiger partial charge on any atom is -0.389 e. The number of likely N-dealkylation sites (tertiary alicyclic amines) is 1. The van der Waals surface area contributed by atoms with E-state index in [9.17, 15) is 36.6 Å². The number of hydrogen-bond acceptors (Lipinski definition) is 7. The first-order valence-corrected chi connectivity index (χ1v) is 13.4. The van der Waals surface area contributed by atoms with Crippen LogP contribution in [0, 0.1) is 0 Å². The Labute approximate surface area is 227 Å². The monoisotopic (exact) mass is 577 g/mol. The van der Waals surface area contributed by atoms with Gasteiger partial charge in [0.05, 0.1) is 10.5 Å². The van der Waals surface area contributed by atoms with Gasteiger partial charge in [0.1, 0.15) is 17.6 Å². The van der Waals surface area contributed by atoms with Crippen LogP contribution in [0.25, 0.3) is 10.4 Å². The van der Waals surface area contributed by atoms with Crippen molar-refractivity contribution in [1.29, 1.82) is 0 Å². The zero-order valence-corrected chi connectivity index (χ0v) is 22.8. The van der Waals surface area contributed by atoms with Gasteiger partial charge in [0.2, 0.25) is 0 Å². The lowest BCUT2D eigenvalue weighted by atomic mass is 10.0. The number of piperidine rings is 1. The standard InChI is InChI=1S/C25H32F5N5O3S/c1-5-16(25(28,29)30)33-17-10-14(20(26)27)15(11-31-17)19-18(23(37)35-9-7-6-8-13(35)2)34-22(39-19)21(36)32-12-24(3,4)38/h10-11,13,16,20,38H,5-9,12H2,1-4H3,(H,31,33)(H,32,36). The van der Waals surface area contributed by atoms with Crippen LogP contribution in [0.1, 0.15) is 85.7 Å². The lowest BCUT2D eigenvalue weighted by Gasteiger charge is -2.33. The number of amides is 2. The summed E-state index contributed by atoms with van der Waals surface area (Å²) in [5.41, 5.74) is -2.31. The molecule has 1 aliphatic heterocycles. The van der Waals surface area contributed by atoms with Crippen molar-refractivity contribution in [3.63, 3.8) is 0 Å². The third kappa shape index (κ3) is 7.62. The van der Waals surface area contributed by atoms with E-state index in [0.29, 0.717) is 17.9 Å². The molecule has 3 rings (SSSR count). The summed E-state index contributed by atoms with van der Waals surface area (Å²) in [4.78, 5) is 36.0. The summed E-state index contributed by atoms with van der Waals surface area (Å²) in [6.45, 7) is 6.41. The molecule has 1 saturated heterocycles. The Morgan fingerprint density at radius 3 is 2.51 bits per heavy atom. The van der Waals surface area contributed by atoms with Crippen LogP contribution in [0.15, 0.2) is 12.3 Å². The third-order valence-corrected chi connectivity index (χ3v) is 7.40. The van der Waals surface area contributed by atoms with Gasteiger partial charge in [0.25, 0.3) is 18.2 Å². The quantitative estimate of drug-likeness (QED) is 0.344. The molecule has 1 fully saturated rings. The number of nitrogens with one attached hydrogen (secondary N) is 2. The van der Waals surface area contributed by atoms with Gasteiger partial charge < -0.3 is 20.6 Å². The normalized spacial score (nSPS) is 17.3. The molecule has 39 heavy (non-hydrogen) atoms. The maximum atomic E-state index is 14.2. The predicted molar refractivity (Wildman–Crippen MR) is 137 cm³/mol. The zero-order valence-electron chi connectivity index (χ0n) is 22.0. The number of carbonyl (C=O) groups is 2. The van der Waals surface area contributed by atoms with Crippen molar-refractivity contribution in [3.05, 3.63) is 28.5 Å². The second-order valence-corrected chi connectivity index (χ2v) is 11.1. The van der Waals surface area contributed by atoms with E-state index < -0.39 is 47.4 Å². The first kappa shape index (κ1) is 30.7. The fourth-order valence-corrected chi connectivity index (χ4v) is 5.17.